The smallest absolute Gasteiger partial charge is 0.0991 e. The molecule has 2 aromatic rings. The molecule has 0 aliphatic carbocycles. The van der Waals surface area contributed by atoms with E-state index in [0.717, 1.165) is 13.0 Å². The minimum absolute atomic E-state index is 0. The molecule has 18 heavy (non-hydrogen) atoms. The summed E-state index contributed by atoms with van der Waals surface area (Å²) in [6, 6.07) is 6.26. The van der Waals surface area contributed by atoms with Crippen LogP contribution in [0.5, 0.6) is 0 Å². The Kier molecular flexibility index (Phi) is 4.01. The lowest BCUT2D eigenvalue weighted by atomic mass is 9.95. The molecule has 96 valence electrons. The number of fused-ring (bicyclic) bond motifs is 1. The molecule has 2 N–H and O–H groups in total. The fourth-order valence-electron chi connectivity index (χ4n) is 2.40. The van der Waals surface area contributed by atoms with E-state index in [1.807, 2.05) is 23.2 Å². The fourth-order valence-corrected chi connectivity index (χ4v) is 2.40. The second kappa shape index (κ2) is 5.52. The van der Waals surface area contributed by atoms with Crippen LogP contribution in [0, 0.1) is 0 Å². The van der Waals surface area contributed by atoms with Crippen molar-refractivity contribution in [2.24, 2.45) is 5.73 Å². The summed E-state index contributed by atoms with van der Waals surface area (Å²) in [6.07, 6.45) is 6.53. The highest BCUT2D eigenvalue weighted by Gasteiger charge is 2.21. The number of nitrogens with two attached hydrogens (primary N) is 1. The van der Waals surface area contributed by atoms with Gasteiger partial charge in [-0.15, -0.1) is 12.4 Å². The Morgan fingerprint density at radius 1 is 1.44 bits per heavy atom. The summed E-state index contributed by atoms with van der Waals surface area (Å²) >= 11 is 0. The van der Waals surface area contributed by atoms with Gasteiger partial charge in [-0.1, -0.05) is 12.1 Å². The number of aromatic nitrogens is 2. The lowest BCUT2D eigenvalue weighted by molar-refractivity contribution is 0.0485. The predicted octanol–water partition coefficient (Wildman–Crippen LogP) is 1.87. The van der Waals surface area contributed by atoms with Gasteiger partial charge in [-0.25, -0.2) is 4.98 Å². The molecule has 1 aromatic carbocycles. The third kappa shape index (κ3) is 2.14. The van der Waals surface area contributed by atoms with Gasteiger partial charge >= 0.3 is 0 Å². The molecule has 1 aliphatic rings. The first-order valence-electron chi connectivity index (χ1n) is 5.82. The molecule has 0 radical (unpaired) electrons. The maximum absolute atomic E-state index is 5.74. The van der Waals surface area contributed by atoms with Gasteiger partial charge in [0.2, 0.25) is 0 Å². The standard InChI is InChI=1S/C13H15N3O.ClH/c14-8-13-11-2-1-3-12(10(11)4-7-17-13)16-6-5-15-9-16;/h1-3,5-6,9,13H,4,7-8,14H2;1H. The first kappa shape index (κ1) is 13.1. The second-order valence-electron chi connectivity index (χ2n) is 4.16. The van der Waals surface area contributed by atoms with Crippen LogP contribution in [0.2, 0.25) is 0 Å². The van der Waals surface area contributed by atoms with E-state index in [-0.39, 0.29) is 18.5 Å². The van der Waals surface area contributed by atoms with Crippen molar-refractivity contribution in [2.45, 2.75) is 12.5 Å². The van der Waals surface area contributed by atoms with Crippen LogP contribution in [-0.2, 0) is 11.2 Å². The van der Waals surface area contributed by atoms with Crippen molar-refractivity contribution < 1.29 is 4.74 Å². The van der Waals surface area contributed by atoms with Gasteiger partial charge in [0.15, 0.2) is 0 Å². The molecule has 4 nitrogen and oxygen atoms in total. The molecular weight excluding hydrogens is 250 g/mol. The maximum Gasteiger partial charge on any atom is 0.0991 e. The summed E-state index contributed by atoms with van der Waals surface area (Å²) in [6.45, 7) is 1.26. The first-order valence-corrected chi connectivity index (χ1v) is 5.82. The number of hydrogen-bond acceptors (Lipinski definition) is 3. The SMILES string of the molecule is Cl.NCC1OCCc2c1cccc2-n1ccnc1. The molecule has 1 aromatic heterocycles. The maximum atomic E-state index is 5.74. The van der Waals surface area contributed by atoms with E-state index >= 15 is 0 Å². The second-order valence-corrected chi connectivity index (χ2v) is 4.16. The molecule has 3 rings (SSSR count). The minimum Gasteiger partial charge on any atom is -0.372 e. The number of imidazole rings is 1. The molecule has 5 heteroatoms. The van der Waals surface area contributed by atoms with E-state index in [4.69, 9.17) is 10.5 Å². The van der Waals surface area contributed by atoms with Crippen LogP contribution in [0.3, 0.4) is 0 Å². The van der Waals surface area contributed by atoms with E-state index in [1.165, 1.54) is 16.8 Å². The number of nitrogens with zero attached hydrogens (tertiary/aromatic N) is 2. The van der Waals surface area contributed by atoms with Gasteiger partial charge in [0.05, 0.1) is 24.7 Å². The number of hydrogen-bond donors (Lipinski definition) is 1. The largest absolute Gasteiger partial charge is 0.372 e. The fraction of sp³-hybridized carbons (Fsp3) is 0.308. The van der Waals surface area contributed by atoms with Crippen LogP contribution in [-0.4, -0.2) is 22.7 Å². The monoisotopic (exact) mass is 265 g/mol. The normalized spacial score (nSPS) is 17.9. The van der Waals surface area contributed by atoms with Crippen molar-refractivity contribution in [1.82, 2.24) is 9.55 Å². The van der Waals surface area contributed by atoms with Crippen molar-refractivity contribution in [3.05, 3.63) is 48.0 Å². The van der Waals surface area contributed by atoms with E-state index in [2.05, 4.69) is 17.1 Å². The highest BCUT2D eigenvalue weighted by Crippen LogP contribution is 2.30. The Morgan fingerprint density at radius 3 is 3.06 bits per heavy atom. The molecule has 0 spiro atoms. The van der Waals surface area contributed by atoms with E-state index < -0.39 is 0 Å². The summed E-state index contributed by atoms with van der Waals surface area (Å²) in [7, 11) is 0. The zero-order chi connectivity index (χ0) is 11.7. The Balaban J connectivity index is 0.00000120. The molecule has 0 amide bonds. The molecular formula is C13H16ClN3O. The van der Waals surface area contributed by atoms with Crippen molar-refractivity contribution in [1.29, 1.82) is 0 Å². The lowest BCUT2D eigenvalue weighted by Gasteiger charge is -2.27. The topological polar surface area (TPSA) is 53.1 Å². The lowest BCUT2D eigenvalue weighted by Crippen LogP contribution is -2.24. The van der Waals surface area contributed by atoms with Gasteiger partial charge in [0, 0.05) is 18.9 Å². The molecule has 0 saturated heterocycles. The predicted molar refractivity (Wildman–Crippen MR) is 72.3 cm³/mol. The zero-order valence-electron chi connectivity index (χ0n) is 9.95. The quantitative estimate of drug-likeness (QED) is 0.902. The third-order valence-electron chi connectivity index (χ3n) is 3.20. The summed E-state index contributed by atoms with van der Waals surface area (Å²) in [5.41, 5.74) is 9.46. The molecule has 1 atom stereocenters. The van der Waals surface area contributed by atoms with Crippen LogP contribution < -0.4 is 5.73 Å². The van der Waals surface area contributed by atoms with Gasteiger partial charge in [-0.2, -0.15) is 0 Å². The molecule has 1 unspecified atom stereocenters. The van der Waals surface area contributed by atoms with Crippen molar-refractivity contribution >= 4 is 12.4 Å². The number of halogens is 1. The summed E-state index contributed by atoms with van der Waals surface area (Å²) < 4.78 is 7.72. The zero-order valence-corrected chi connectivity index (χ0v) is 10.8. The Hall–Kier alpha value is -1.36. The molecule has 0 bridgehead atoms. The summed E-state index contributed by atoms with van der Waals surface area (Å²) in [5, 5.41) is 0. The van der Waals surface area contributed by atoms with Crippen molar-refractivity contribution in [2.75, 3.05) is 13.2 Å². The van der Waals surface area contributed by atoms with E-state index in [9.17, 15) is 0 Å². The highest BCUT2D eigenvalue weighted by molar-refractivity contribution is 5.85. The first-order chi connectivity index (χ1) is 8.40. The van der Waals surface area contributed by atoms with Crippen LogP contribution in [0.15, 0.2) is 36.9 Å². The Bertz CT molecular complexity index is 513. The molecule has 2 heterocycles. The Morgan fingerprint density at radius 2 is 2.33 bits per heavy atom. The highest BCUT2D eigenvalue weighted by atomic mass is 35.5. The van der Waals surface area contributed by atoms with Gasteiger partial charge in [-0.3, -0.25) is 0 Å². The average molecular weight is 266 g/mol. The van der Waals surface area contributed by atoms with Crippen LogP contribution in [0.4, 0.5) is 0 Å². The van der Waals surface area contributed by atoms with E-state index in [0.29, 0.717) is 6.54 Å². The minimum atomic E-state index is 0. The number of rotatable bonds is 2. The Labute approximate surface area is 112 Å². The molecule has 0 saturated carbocycles. The van der Waals surface area contributed by atoms with Crippen LogP contribution >= 0.6 is 12.4 Å². The van der Waals surface area contributed by atoms with Crippen molar-refractivity contribution in [3.8, 4) is 5.69 Å². The average Bonchev–Trinajstić information content (AvgIpc) is 2.91. The van der Waals surface area contributed by atoms with Gasteiger partial charge in [0.1, 0.15) is 0 Å². The van der Waals surface area contributed by atoms with Crippen LogP contribution in [0.25, 0.3) is 5.69 Å². The number of benzene rings is 1. The molecule has 1 aliphatic heterocycles. The number of ether oxygens (including phenoxy) is 1. The van der Waals surface area contributed by atoms with Gasteiger partial charge in [0.25, 0.3) is 0 Å². The van der Waals surface area contributed by atoms with Gasteiger partial charge < -0.3 is 15.0 Å². The summed E-state index contributed by atoms with van der Waals surface area (Å²) in [4.78, 5) is 4.09. The van der Waals surface area contributed by atoms with Gasteiger partial charge in [-0.05, 0) is 23.6 Å². The van der Waals surface area contributed by atoms with Crippen molar-refractivity contribution in [3.63, 3.8) is 0 Å². The molecule has 0 fully saturated rings. The van der Waals surface area contributed by atoms with Crippen LogP contribution in [0.1, 0.15) is 17.2 Å². The van der Waals surface area contributed by atoms with E-state index in [1.54, 1.807) is 6.20 Å². The third-order valence-corrected chi connectivity index (χ3v) is 3.20. The summed E-state index contributed by atoms with van der Waals surface area (Å²) in [5.74, 6) is 0.